The SMILES string of the molecule is COCC(N)C(=O)NCc1ccccc1F.Cl. The Morgan fingerprint density at radius 2 is 2.18 bits per heavy atom. The predicted molar refractivity (Wildman–Crippen MR) is 65.3 cm³/mol. The Morgan fingerprint density at radius 3 is 2.76 bits per heavy atom. The third-order valence-corrected chi connectivity index (χ3v) is 2.09. The Labute approximate surface area is 106 Å². The molecule has 0 radical (unpaired) electrons. The first-order valence-electron chi connectivity index (χ1n) is 4.90. The molecular formula is C11H16ClFN2O2. The molecule has 0 aliphatic carbocycles. The van der Waals surface area contributed by atoms with Crippen molar-refractivity contribution in [2.24, 2.45) is 5.73 Å². The number of nitrogens with one attached hydrogen (secondary N) is 1. The third-order valence-electron chi connectivity index (χ3n) is 2.09. The standard InChI is InChI=1S/C11H15FN2O2.ClH/c1-16-7-10(13)11(15)14-6-8-4-2-3-5-9(8)12;/h2-5,10H,6-7,13H2,1H3,(H,14,15);1H. The van der Waals surface area contributed by atoms with E-state index in [1.807, 2.05) is 0 Å². The van der Waals surface area contributed by atoms with E-state index in [0.717, 1.165) is 0 Å². The first-order valence-corrected chi connectivity index (χ1v) is 4.90. The van der Waals surface area contributed by atoms with Crippen molar-refractivity contribution < 1.29 is 13.9 Å². The maximum Gasteiger partial charge on any atom is 0.239 e. The molecule has 0 spiro atoms. The van der Waals surface area contributed by atoms with E-state index in [9.17, 15) is 9.18 Å². The van der Waals surface area contributed by atoms with E-state index in [1.54, 1.807) is 18.2 Å². The molecule has 1 aromatic rings. The van der Waals surface area contributed by atoms with Crippen molar-refractivity contribution in [3.05, 3.63) is 35.6 Å². The van der Waals surface area contributed by atoms with Gasteiger partial charge >= 0.3 is 0 Å². The average Bonchev–Trinajstić information content (AvgIpc) is 2.28. The van der Waals surface area contributed by atoms with Crippen molar-refractivity contribution in [1.82, 2.24) is 5.32 Å². The lowest BCUT2D eigenvalue weighted by molar-refractivity contribution is -0.123. The van der Waals surface area contributed by atoms with E-state index in [-0.39, 0.29) is 37.3 Å². The van der Waals surface area contributed by atoms with Crippen molar-refractivity contribution in [1.29, 1.82) is 0 Å². The molecule has 0 aromatic heterocycles. The van der Waals surface area contributed by atoms with Gasteiger partial charge in [-0.1, -0.05) is 18.2 Å². The number of carbonyl (C=O) groups is 1. The van der Waals surface area contributed by atoms with Gasteiger partial charge in [-0.25, -0.2) is 4.39 Å². The molecule has 0 saturated heterocycles. The highest BCUT2D eigenvalue weighted by molar-refractivity contribution is 5.85. The highest BCUT2D eigenvalue weighted by atomic mass is 35.5. The van der Waals surface area contributed by atoms with Crippen LogP contribution in [0.25, 0.3) is 0 Å². The normalized spacial score (nSPS) is 11.5. The van der Waals surface area contributed by atoms with Gasteiger partial charge in [0.05, 0.1) is 6.61 Å². The van der Waals surface area contributed by atoms with Gasteiger partial charge in [-0.05, 0) is 6.07 Å². The lowest BCUT2D eigenvalue weighted by atomic mass is 10.2. The minimum Gasteiger partial charge on any atom is -0.383 e. The van der Waals surface area contributed by atoms with Crippen molar-refractivity contribution in [3.63, 3.8) is 0 Å². The fraction of sp³-hybridized carbons (Fsp3) is 0.364. The predicted octanol–water partition coefficient (Wildman–Crippen LogP) is 0.837. The number of halogens is 2. The van der Waals surface area contributed by atoms with Gasteiger partial charge in [0.2, 0.25) is 5.91 Å². The van der Waals surface area contributed by atoms with E-state index in [0.29, 0.717) is 5.56 Å². The fourth-order valence-corrected chi connectivity index (χ4v) is 1.21. The van der Waals surface area contributed by atoms with E-state index < -0.39 is 6.04 Å². The second-order valence-electron chi connectivity index (χ2n) is 3.37. The van der Waals surface area contributed by atoms with Crippen LogP contribution in [0.4, 0.5) is 4.39 Å². The number of rotatable bonds is 5. The lowest BCUT2D eigenvalue weighted by Gasteiger charge is -2.11. The van der Waals surface area contributed by atoms with Crippen LogP contribution in [0.3, 0.4) is 0 Å². The molecule has 6 heteroatoms. The molecule has 96 valence electrons. The van der Waals surface area contributed by atoms with Gasteiger partial charge in [0.15, 0.2) is 0 Å². The molecule has 1 atom stereocenters. The van der Waals surface area contributed by atoms with Crippen LogP contribution in [0.15, 0.2) is 24.3 Å². The maximum absolute atomic E-state index is 13.2. The van der Waals surface area contributed by atoms with Crippen molar-refractivity contribution in [2.75, 3.05) is 13.7 Å². The minimum atomic E-state index is -0.725. The second kappa shape index (κ2) is 8.00. The highest BCUT2D eigenvalue weighted by Gasteiger charge is 2.12. The van der Waals surface area contributed by atoms with Gasteiger partial charge in [0.25, 0.3) is 0 Å². The van der Waals surface area contributed by atoms with E-state index >= 15 is 0 Å². The largest absolute Gasteiger partial charge is 0.383 e. The molecule has 1 amide bonds. The van der Waals surface area contributed by atoms with Crippen LogP contribution in [0, 0.1) is 5.82 Å². The second-order valence-corrected chi connectivity index (χ2v) is 3.37. The summed E-state index contributed by atoms with van der Waals surface area (Å²) >= 11 is 0. The molecule has 0 heterocycles. The van der Waals surface area contributed by atoms with Gasteiger partial charge in [0, 0.05) is 19.2 Å². The molecule has 4 nitrogen and oxygen atoms in total. The molecule has 0 aliphatic heterocycles. The lowest BCUT2D eigenvalue weighted by Crippen LogP contribution is -2.43. The molecule has 3 N–H and O–H groups in total. The molecule has 0 bridgehead atoms. The smallest absolute Gasteiger partial charge is 0.239 e. The fourth-order valence-electron chi connectivity index (χ4n) is 1.21. The van der Waals surface area contributed by atoms with Crippen LogP contribution < -0.4 is 11.1 Å². The van der Waals surface area contributed by atoms with Gasteiger partial charge in [-0.15, -0.1) is 12.4 Å². The summed E-state index contributed by atoms with van der Waals surface area (Å²) in [6.07, 6.45) is 0. The number of carbonyl (C=O) groups excluding carboxylic acids is 1. The topological polar surface area (TPSA) is 64.3 Å². The summed E-state index contributed by atoms with van der Waals surface area (Å²) in [5.74, 6) is -0.701. The van der Waals surface area contributed by atoms with Crippen LogP contribution in [0.5, 0.6) is 0 Å². The molecule has 17 heavy (non-hydrogen) atoms. The minimum absolute atomic E-state index is 0. The Balaban J connectivity index is 0.00000256. The van der Waals surface area contributed by atoms with E-state index in [4.69, 9.17) is 10.5 Å². The summed E-state index contributed by atoms with van der Waals surface area (Å²) < 4.78 is 17.9. The molecule has 1 rings (SSSR count). The zero-order valence-corrected chi connectivity index (χ0v) is 10.3. The summed E-state index contributed by atoms with van der Waals surface area (Å²) in [5, 5.41) is 2.54. The number of methoxy groups -OCH3 is 1. The molecule has 0 aliphatic rings. The zero-order chi connectivity index (χ0) is 12.0. The van der Waals surface area contributed by atoms with Crippen molar-refractivity contribution in [2.45, 2.75) is 12.6 Å². The van der Waals surface area contributed by atoms with Crippen LogP contribution in [-0.4, -0.2) is 25.7 Å². The molecular weight excluding hydrogens is 247 g/mol. The van der Waals surface area contributed by atoms with Crippen molar-refractivity contribution >= 4 is 18.3 Å². The Bertz CT molecular complexity index is 363. The summed E-state index contributed by atoms with van der Waals surface area (Å²) in [5.41, 5.74) is 5.93. The number of amides is 1. The van der Waals surface area contributed by atoms with Gasteiger partial charge < -0.3 is 15.8 Å². The Hall–Kier alpha value is -1.17. The quantitative estimate of drug-likeness (QED) is 0.826. The molecule has 1 unspecified atom stereocenters. The number of benzene rings is 1. The van der Waals surface area contributed by atoms with Crippen LogP contribution in [-0.2, 0) is 16.1 Å². The highest BCUT2D eigenvalue weighted by Crippen LogP contribution is 2.05. The first-order chi connectivity index (χ1) is 7.65. The third kappa shape index (κ3) is 5.12. The van der Waals surface area contributed by atoms with Crippen LogP contribution >= 0.6 is 12.4 Å². The number of hydrogen-bond acceptors (Lipinski definition) is 3. The van der Waals surface area contributed by atoms with Gasteiger partial charge in [-0.2, -0.15) is 0 Å². The van der Waals surface area contributed by atoms with Crippen LogP contribution in [0.2, 0.25) is 0 Å². The van der Waals surface area contributed by atoms with E-state index in [1.165, 1.54) is 13.2 Å². The van der Waals surface area contributed by atoms with E-state index in [2.05, 4.69) is 5.32 Å². The summed E-state index contributed by atoms with van der Waals surface area (Å²) in [4.78, 5) is 11.4. The number of nitrogens with two attached hydrogens (primary N) is 1. The number of ether oxygens (including phenoxy) is 1. The zero-order valence-electron chi connectivity index (χ0n) is 9.48. The van der Waals surface area contributed by atoms with Gasteiger partial charge in [-0.3, -0.25) is 4.79 Å². The molecule has 0 fully saturated rings. The first kappa shape index (κ1) is 15.8. The van der Waals surface area contributed by atoms with Crippen LogP contribution in [0.1, 0.15) is 5.56 Å². The summed E-state index contributed by atoms with van der Waals surface area (Å²) in [7, 11) is 1.46. The van der Waals surface area contributed by atoms with Gasteiger partial charge in [0.1, 0.15) is 11.9 Å². The average molecular weight is 263 g/mol. The summed E-state index contributed by atoms with van der Waals surface area (Å²) in [6.45, 7) is 0.270. The van der Waals surface area contributed by atoms with Crippen molar-refractivity contribution in [3.8, 4) is 0 Å². The molecule has 0 saturated carbocycles. The maximum atomic E-state index is 13.2. The number of hydrogen-bond donors (Lipinski definition) is 2. The Morgan fingerprint density at radius 1 is 1.53 bits per heavy atom. The Kier molecular flexibility index (Phi) is 7.45. The molecule has 1 aromatic carbocycles. The summed E-state index contributed by atoms with van der Waals surface area (Å²) in [6, 6.07) is 5.53. The monoisotopic (exact) mass is 262 g/mol.